The zero-order valence-corrected chi connectivity index (χ0v) is 9.56. The molecule has 0 rings (SSSR count). The number of carbonyl (C=O) groups is 2. The van der Waals surface area contributed by atoms with Crippen molar-refractivity contribution in [3.8, 4) is 24.7 Å². The van der Waals surface area contributed by atoms with E-state index >= 15 is 0 Å². The smallest absolute Gasteiger partial charge is 0.307 e. The highest BCUT2D eigenvalue weighted by Gasteiger charge is 2.22. The van der Waals surface area contributed by atoms with Crippen molar-refractivity contribution >= 4 is 11.9 Å². The Balaban J connectivity index is 4.56. The molecule has 90 valence electrons. The number of hydrogen-bond acceptors (Lipinski definition) is 2. The average Bonchev–Trinajstić information content (AvgIpc) is 2.28. The second-order valence-corrected chi connectivity index (χ2v) is 3.42. The van der Waals surface area contributed by atoms with E-state index in [1.165, 1.54) is 11.0 Å². The zero-order valence-electron chi connectivity index (χ0n) is 9.56. The van der Waals surface area contributed by atoms with Gasteiger partial charge >= 0.3 is 5.97 Å². The molecule has 0 aromatic carbocycles. The van der Waals surface area contributed by atoms with Gasteiger partial charge in [-0.15, -0.1) is 19.4 Å². The molecule has 1 N–H and O–H groups in total. The van der Waals surface area contributed by atoms with Crippen molar-refractivity contribution in [3.63, 3.8) is 0 Å². The second-order valence-electron chi connectivity index (χ2n) is 3.42. The van der Waals surface area contributed by atoms with Crippen LogP contribution in [0.25, 0.3) is 0 Å². The molecule has 0 spiro atoms. The first-order chi connectivity index (χ1) is 8.06. The summed E-state index contributed by atoms with van der Waals surface area (Å²) < 4.78 is 0. The van der Waals surface area contributed by atoms with E-state index in [-0.39, 0.29) is 31.8 Å². The Morgan fingerprint density at radius 3 is 2.24 bits per heavy atom. The summed E-state index contributed by atoms with van der Waals surface area (Å²) in [7, 11) is 0. The third kappa shape index (κ3) is 5.44. The van der Waals surface area contributed by atoms with Gasteiger partial charge in [-0.1, -0.05) is 17.9 Å². The third-order valence-electron chi connectivity index (χ3n) is 2.14. The highest BCUT2D eigenvalue weighted by Crippen LogP contribution is 2.11. The lowest BCUT2D eigenvalue weighted by Gasteiger charge is -2.19. The molecule has 0 aliphatic carbocycles. The Hall–Kier alpha value is -2.20. The first kappa shape index (κ1) is 14.8. The largest absolute Gasteiger partial charge is 0.481 e. The van der Waals surface area contributed by atoms with Gasteiger partial charge in [0.15, 0.2) is 0 Å². The van der Waals surface area contributed by atoms with Crippen LogP contribution in [0.4, 0.5) is 0 Å². The summed E-state index contributed by atoms with van der Waals surface area (Å²) in [5, 5.41) is 8.90. The standard InChI is InChI=1S/C13H15NO3/c1-4-7-11(13(16)17)10-12(15)14(8-5-2)9-6-3/h2-4,11H,1,7-10H2,(H,16,17). The molecular formula is C13H15NO3. The van der Waals surface area contributed by atoms with Gasteiger partial charge in [0.25, 0.3) is 0 Å². The number of aliphatic carboxylic acids is 1. The minimum atomic E-state index is -1.03. The van der Waals surface area contributed by atoms with Crippen LogP contribution in [0.5, 0.6) is 0 Å². The van der Waals surface area contributed by atoms with Crippen molar-refractivity contribution in [3.05, 3.63) is 12.7 Å². The van der Waals surface area contributed by atoms with Gasteiger partial charge in [0.05, 0.1) is 19.0 Å². The molecule has 0 bridgehead atoms. The van der Waals surface area contributed by atoms with Crippen molar-refractivity contribution in [2.75, 3.05) is 13.1 Å². The van der Waals surface area contributed by atoms with Gasteiger partial charge in [-0.05, 0) is 6.42 Å². The second kappa shape index (κ2) is 8.01. The lowest BCUT2D eigenvalue weighted by Crippen LogP contribution is -2.34. The van der Waals surface area contributed by atoms with Crippen LogP contribution in [0, 0.1) is 30.6 Å². The molecular weight excluding hydrogens is 218 g/mol. The SMILES string of the molecule is C#CCN(CC#C)C(=O)CC(CC=C)C(=O)O. The lowest BCUT2D eigenvalue weighted by atomic mass is 10.0. The van der Waals surface area contributed by atoms with Gasteiger partial charge in [0.2, 0.25) is 5.91 Å². The van der Waals surface area contributed by atoms with Crippen LogP contribution < -0.4 is 0 Å². The van der Waals surface area contributed by atoms with E-state index in [0.717, 1.165) is 0 Å². The number of allylic oxidation sites excluding steroid dienone is 1. The Kier molecular flexibility index (Phi) is 6.97. The summed E-state index contributed by atoms with van der Waals surface area (Å²) >= 11 is 0. The molecule has 0 aliphatic rings. The Labute approximate surface area is 101 Å². The molecule has 0 aromatic heterocycles. The fraction of sp³-hybridized carbons (Fsp3) is 0.385. The van der Waals surface area contributed by atoms with Crippen LogP contribution in [0.3, 0.4) is 0 Å². The van der Waals surface area contributed by atoms with Crippen LogP contribution in [-0.4, -0.2) is 35.0 Å². The number of amides is 1. The molecule has 0 fully saturated rings. The molecule has 0 heterocycles. The Morgan fingerprint density at radius 2 is 1.88 bits per heavy atom. The topological polar surface area (TPSA) is 57.6 Å². The maximum absolute atomic E-state index is 11.7. The first-order valence-corrected chi connectivity index (χ1v) is 5.05. The number of terminal acetylenes is 2. The maximum atomic E-state index is 11.7. The summed E-state index contributed by atoms with van der Waals surface area (Å²) in [6.45, 7) is 3.63. The number of rotatable bonds is 7. The normalized spacial score (nSPS) is 10.7. The van der Waals surface area contributed by atoms with Crippen molar-refractivity contribution in [1.82, 2.24) is 4.90 Å². The molecule has 0 radical (unpaired) electrons. The Bertz CT molecular complexity index is 357. The van der Waals surface area contributed by atoms with Crippen LogP contribution in [0.15, 0.2) is 12.7 Å². The number of carboxylic acid groups (broad SMARTS) is 1. The maximum Gasteiger partial charge on any atom is 0.307 e. The molecule has 1 amide bonds. The van der Waals surface area contributed by atoms with Gasteiger partial charge < -0.3 is 10.0 Å². The molecule has 4 nitrogen and oxygen atoms in total. The van der Waals surface area contributed by atoms with E-state index in [1.807, 2.05) is 0 Å². The van der Waals surface area contributed by atoms with Crippen molar-refractivity contribution in [1.29, 1.82) is 0 Å². The molecule has 0 saturated carbocycles. The van der Waals surface area contributed by atoms with Gasteiger partial charge in [-0.2, -0.15) is 0 Å². The van der Waals surface area contributed by atoms with Gasteiger partial charge in [-0.3, -0.25) is 9.59 Å². The van der Waals surface area contributed by atoms with Gasteiger partial charge in [0.1, 0.15) is 0 Å². The number of hydrogen-bond donors (Lipinski definition) is 1. The predicted molar refractivity (Wildman–Crippen MR) is 64.8 cm³/mol. The van der Waals surface area contributed by atoms with Gasteiger partial charge in [-0.25, -0.2) is 0 Å². The summed E-state index contributed by atoms with van der Waals surface area (Å²) in [5.74, 6) is 2.46. The van der Waals surface area contributed by atoms with E-state index < -0.39 is 11.9 Å². The van der Waals surface area contributed by atoms with Crippen LogP contribution in [-0.2, 0) is 9.59 Å². The molecule has 1 atom stereocenters. The van der Waals surface area contributed by atoms with Crippen molar-refractivity contribution < 1.29 is 14.7 Å². The molecule has 0 saturated heterocycles. The summed E-state index contributed by atoms with van der Waals surface area (Å²) in [4.78, 5) is 23.9. The minimum absolute atomic E-state index is 0.0868. The van der Waals surface area contributed by atoms with Gasteiger partial charge in [0, 0.05) is 6.42 Å². The van der Waals surface area contributed by atoms with Crippen LogP contribution in [0.1, 0.15) is 12.8 Å². The van der Waals surface area contributed by atoms with E-state index in [4.69, 9.17) is 18.0 Å². The van der Waals surface area contributed by atoms with E-state index in [0.29, 0.717) is 0 Å². The highest BCUT2D eigenvalue weighted by atomic mass is 16.4. The minimum Gasteiger partial charge on any atom is -0.481 e. The number of nitrogens with zero attached hydrogens (tertiary/aromatic N) is 1. The molecule has 1 unspecified atom stereocenters. The lowest BCUT2D eigenvalue weighted by molar-refractivity contribution is -0.145. The van der Waals surface area contributed by atoms with E-state index in [1.54, 1.807) is 0 Å². The quantitative estimate of drug-likeness (QED) is 0.521. The van der Waals surface area contributed by atoms with Crippen molar-refractivity contribution in [2.45, 2.75) is 12.8 Å². The zero-order chi connectivity index (χ0) is 13.3. The van der Waals surface area contributed by atoms with Crippen LogP contribution in [0.2, 0.25) is 0 Å². The van der Waals surface area contributed by atoms with E-state index in [9.17, 15) is 9.59 Å². The summed E-state index contributed by atoms with van der Waals surface area (Å²) in [6, 6.07) is 0. The number of carboxylic acids is 1. The first-order valence-electron chi connectivity index (χ1n) is 5.05. The fourth-order valence-corrected chi connectivity index (χ4v) is 1.27. The van der Waals surface area contributed by atoms with E-state index in [2.05, 4.69) is 18.4 Å². The molecule has 4 heteroatoms. The summed E-state index contributed by atoms with van der Waals surface area (Å²) in [6.07, 6.45) is 11.8. The highest BCUT2D eigenvalue weighted by molar-refractivity contribution is 5.82. The number of carbonyl (C=O) groups excluding carboxylic acids is 1. The molecule has 17 heavy (non-hydrogen) atoms. The Morgan fingerprint density at radius 1 is 1.35 bits per heavy atom. The monoisotopic (exact) mass is 233 g/mol. The summed E-state index contributed by atoms with van der Waals surface area (Å²) in [5.41, 5.74) is 0. The predicted octanol–water partition coefficient (Wildman–Crippen LogP) is 0.748. The third-order valence-corrected chi connectivity index (χ3v) is 2.14. The molecule has 0 aromatic rings. The average molecular weight is 233 g/mol. The van der Waals surface area contributed by atoms with Crippen molar-refractivity contribution in [2.24, 2.45) is 5.92 Å². The van der Waals surface area contributed by atoms with Crippen LogP contribution >= 0.6 is 0 Å². The molecule has 0 aliphatic heterocycles. The fourth-order valence-electron chi connectivity index (χ4n) is 1.27.